The van der Waals surface area contributed by atoms with Crippen LogP contribution in [0.1, 0.15) is 43.0 Å². The summed E-state index contributed by atoms with van der Waals surface area (Å²) in [5.74, 6) is 0.340. The number of hydrogen-bond donors (Lipinski definition) is 1. The highest BCUT2D eigenvalue weighted by Crippen LogP contribution is 2.09. The zero-order chi connectivity index (χ0) is 18.3. The average Bonchev–Trinajstić information content (AvgIpc) is 2.62. The number of halogens is 1. The molecule has 0 aromatic heterocycles. The number of carbonyl (C=O) groups excluding carboxylic acids is 2. The monoisotopic (exact) mass is 361 g/mol. The molecular formula is C20H24ClNO3. The van der Waals surface area contributed by atoms with Crippen LogP contribution in [0.5, 0.6) is 0 Å². The Morgan fingerprint density at radius 2 is 1.92 bits per heavy atom. The fourth-order valence-corrected chi connectivity index (χ4v) is 2.08. The fraction of sp³-hybridized carbons (Fsp3) is 0.300. The van der Waals surface area contributed by atoms with Crippen LogP contribution >= 0.6 is 11.6 Å². The Hall–Kier alpha value is -2.33. The molecule has 0 aliphatic carbocycles. The van der Waals surface area contributed by atoms with Gasteiger partial charge in [-0.2, -0.15) is 0 Å². The van der Waals surface area contributed by atoms with E-state index in [1.54, 1.807) is 42.5 Å². The molecule has 25 heavy (non-hydrogen) atoms. The maximum atomic E-state index is 11.9. The smallest absolute Gasteiger partial charge is 0.255 e. The van der Waals surface area contributed by atoms with Crippen LogP contribution in [0, 0.1) is 0 Å². The summed E-state index contributed by atoms with van der Waals surface area (Å²) in [6.45, 7) is 2.75. The van der Waals surface area contributed by atoms with Crippen LogP contribution in [0.3, 0.4) is 0 Å². The maximum Gasteiger partial charge on any atom is 0.255 e. The summed E-state index contributed by atoms with van der Waals surface area (Å²) in [6.07, 6.45) is 13.0. The molecule has 1 aromatic rings. The molecule has 1 amide bonds. The molecule has 0 heterocycles. The van der Waals surface area contributed by atoms with Crippen molar-refractivity contribution in [1.29, 1.82) is 0 Å². The normalized spacial score (nSPS) is 11.8. The van der Waals surface area contributed by atoms with Gasteiger partial charge in [-0.05, 0) is 55.0 Å². The summed E-state index contributed by atoms with van der Waals surface area (Å²) < 4.78 is 5.63. The summed E-state index contributed by atoms with van der Waals surface area (Å²) in [5, 5.41) is 3.24. The second kappa shape index (κ2) is 13.0. The molecule has 0 spiro atoms. The van der Waals surface area contributed by atoms with E-state index in [0.29, 0.717) is 29.2 Å². The van der Waals surface area contributed by atoms with Gasteiger partial charge in [0.15, 0.2) is 0 Å². The lowest BCUT2D eigenvalue weighted by Gasteiger charge is -2.06. The molecule has 1 aromatic carbocycles. The Morgan fingerprint density at radius 1 is 1.16 bits per heavy atom. The van der Waals surface area contributed by atoms with Gasteiger partial charge in [0, 0.05) is 16.8 Å². The van der Waals surface area contributed by atoms with E-state index in [0.717, 1.165) is 12.8 Å². The molecule has 0 unspecified atom stereocenters. The number of benzene rings is 1. The minimum atomic E-state index is -0.230. The number of rotatable bonds is 11. The third-order valence-electron chi connectivity index (χ3n) is 3.28. The Kier molecular flexibility index (Phi) is 10.8. The average molecular weight is 362 g/mol. The van der Waals surface area contributed by atoms with Crippen molar-refractivity contribution in [2.45, 2.75) is 32.6 Å². The number of unbranched alkanes of at least 4 members (excludes halogenated alkanes) is 3. The second-order valence-corrected chi connectivity index (χ2v) is 5.75. The first-order chi connectivity index (χ1) is 12.2. The van der Waals surface area contributed by atoms with Gasteiger partial charge in [-0.25, -0.2) is 0 Å². The minimum Gasteiger partial charge on any atom is -0.494 e. The first-order valence-electron chi connectivity index (χ1n) is 8.35. The van der Waals surface area contributed by atoms with Crippen molar-refractivity contribution in [2.24, 2.45) is 0 Å². The molecule has 0 aliphatic heterocycles. The number of ether oxygens (including phenoxy) is 1. The Labute approximate surface area is 154 Å². The molecular weight excluding hydrogens is 338 g/mol. The topological polar surface area (TPSA) is 55.4 Å². The van der Waals surface area contributed by atoms with Gasteiger partial charge in [0.1, 0.15) is 12.0 Å². The zero-order valence-corrected chi connectivity index (χ0v) is 15.2. The quantitative estimate of drug-likeness (QED) is 0.202. The van der Waals surface area contributed by atoms with Crippen LogP contribution in [0.15, 0.2) is 60.5 Å². The van der Waals surface area contributed by atoms with E-state index in [2.05, 4.69) is 12.2 Å². The van der Waals surface area contributed by atoms with E-state index in [1.165, 1.54) is 25.1 Å². The van der Waals surface area contributed by atoms with Gasteiger partial charge < -0.3 is 10.1 Å². The molecule has 0 fully saturated rings. The van der Waals surface area contributed by atoms with Crippen LogP contribution in [0.4, 0.5) is 0 Å². The number of aldehydes is 1. The molecule has 0 saturated carbocycles. The van der Waals surface area contributed by atoms with Crippen molar-refractivity contribution in [3.05, 3.63) is 71.1 Å². The minimum absolute atomic E-state index is 0.230. The van der Waals surface area contributed by atoms with Crippen molar-refractivity contribution in [3.63, 3.8) is 0 Å². The van der Waals surface area contributed by atoms with Crippen molar-refractivity contribution >= 4 is 23.8 Å². The summed E-state index contributed by atoms with van der Waals surface area (Å²) in [6, 6.07) is 6.63. The highest BCUT2D eigenvalue weighted by molar-refractivity contribution is 6.30. The largest absolute Gasteiger partial charge is 0.494 e. The third kappa shape index (κ3) is 9.52. The lowest BCUT2D eigenvalue weighted by Crippen LogP contribution is -2.16. The van der Waals surface area contributed by atoms with Crippen molar-refractivity contribution < 1.29 is 14.3 Å². The Balaban J connectivity index is 2.51. The molecule has 0 radical (unpaired) electrons. The maximum absolute atomic E-state index is 11.9. The van der Waals surface area contributed by atoms with E-state index < -0.39 is 0 Å². The number of allylic oxidation sites excluding steroid dienone is 4. The predicted molar refractivity (Wildman–Crippen MR) is 101 cm³/mol. The highest BCUT2D eigenvalue weighted by atomic mass is 35.5. The van der Waals surface area contributed by atoms with E-state index >= 15 is 0 Å². The molecule has 0 bridgehead atoms. The Bertz CT molecular complexity index is 618. The van der Waals surface area contributed by atoms with Crippen molar-refractivity contribution in [1.82, 2.24) is 5.32 Å². The summed E-state index contributed by atoms with van der Waals surface area (Å²) in [4.78, 5) is 22.4. The SMILES string of the molecule is CCCCCCOC(/C=C/C=O)=C/C=C/NC(=O)c1ccc(Cl)cc1. The zero-order valence-electron chi connectivity index (χ0n) is 14.4. The van der Waals surface area contributed by atoms with Crippen LogP contribution in [0.25, 0.3) is 0 Å². The van der Waals surface area contributed by atoms with Crippen molar-refractivity contribution in [2.75, 3.05) is 6.61 Å². The van der Waals surface area contributed by atoms with Crippen molar-refractivity contribution in [3.8, 4) is 0 Å². The number of nitrogens with one attached hydrogen (secondary N) is 1. The van der Waals surface area contributed by atoms with Gasteiger partial charge in [0.05, 0.1) is 6.61 Å². The van der Waals surface area contributed by atoms with Gasteiger partial charge >= 0.3 is 0 Å². The molecule has 0 saturated heterocycles. The van der Waals surface area contributed by atoms with E-state index in [4.69, 9.17) is 16.3 Å². The number of carbonyl (C=O) groups is 2. The molecule has 4 nitrogen and oxygen atoms in total. The molecule has 1 N–H and O–H groups in total. The standard InChI is InChI=1S/C20H24ClNO3/c1-2-3-4-5-16-25-19(9-7-15-23)8-6-14-22-20(24)17-10-12-18(21)13-11-17/h6-15H,2-5,16H2,1H3,(H,22,24)/b9-7+,14-6+,19-8+. The number of hydrogen-bond acceptors (Lipinski definition) is 3. The first kappa shape index (κ1) is 20.7. The van der Waals surface area contributed by atoms with Crippen LogP contribution < -0.4 is 5.32 Å². The molecule has 5 heteroatoms. The van der Waals surface area contributed by atoms with Crippen LogP contribution in [-0.2, 0) is 9.53 Å². The fourth-order valence-electron chi connectivity index (χ4n) is 1.96. The lowest BCUT2D eigenvalue weighted by molar-refractivity contribution is -0.104. The van der Waals surface area contributed by atoms with E-state index in [9.17, 15) is 9.59 Å². The predicted octanol–water partition coefficient (Wildman–Crippen LogP) is 4.82. The lowest BCUT2D eigenvalue weighted by atomic mass is 10.2. The molecule has 0 aliphatic rings. The number of amides is 1. The Morgan fingerprint density at radius 3 is 2.60 bits per heavy atom. The van der Waals surface area contributed by atoms with Gasteiger partial charge in [0.2, 0.25) is 0 Å². The first-order valence-corrected chi connectivity index (χ1v) is 8.73. The summed E-state index contributed by atoms with van der Waals surface area (Å²) >= 11 is 5.79. The van der Waals surface area contributed by atoms with E-state index in [1.807, 2.05) is 0 Å². The van der Waals surface area contributed by atoms with Gasteiger partial charge in [-0.3, -0.25) is 9.59 Å². The van der Waals surface area contributed by atoms with Gasteiger partial charge in [0.25, 0.3) is 5.91 Å². The second-order valence-electron chi connectivity index (χ2n) is 5.31. The van der Waals surface area contributed by atoms with Crippen LogP contribution in [-0.4, -0.2) is 18.8 Å². The summed E-state index contributed by atoms with van der Waals surface area (Å²) in [7, 11) is 0. The third-order valence-corrected chi connectivity index (χ3v) is 3.54. The van der Waals surface area contributed by atoms with Crippen LogP contribution in [0.2, 0.25) is 5.02 Å². The van der Waals surface area contributed by atoms with Gasteiger partial charge in [-0.1, -0.05) is 37.8 Å². The van der Waals surface area contributed by atoms with E-state index in [-0.39, 0.29) is 5.91 Å². The highest BCUT2D eigenvalue weighted by Gasteiger charge is 2.01. The summed E-state index contributed by atoms with van der Waals surface area (Å²) in [5.41, 5.74) is 0.520. The molecule has 1 rings (SSSR count). The van der Waals surface area contributed by atoms with Gasteiger partial charge in [-0.15, -0.1) is 0 Å². The molecule has 134 valence electrons. The molecule has 0 atom stereocenters.